The molecule has 0 aliphatic carbocycles. The highest BCUT2D eigenvalue weighted by molar-refractivity contribution is 7.25. The van der Waals surface area contributed by atoms with Crippen molar-refractivity contribution in [3.63, 3.8) is 0 Å². The molecular weight excluding hydrogens is 336 g/mol. The van der Waals surface area contributed by atoms with Crippen molar-refractivity contribution in [3.8, 4) is 11.4 Å². The van der Waals surface area contributed by atoms with Gasteiger partial charge in [0, 0.05) is 19.5 Å². The van der Waals surface area contributed by atoms with Gasteiger partial charge in [0.1, 0.15) is 27.4 Å². The van der Waals surface area contributed by atoms with E-state index in [2.05, 4.69) is 9.97 Å². The van der Waals surface area contributed by atoms with Gasteiger partial charge in [0.05, 0.1) is 18.3 Å². The largest absolute Gasteiger partial charge is 0.497 e. The first-order chi connectivity index (χ1) is 12.1. The summed E-state index contributed by atoms with van der Waals surface area (Å²) in [4.78, 5) is 24.8. The van der Waals surface area contributed by atoms with Crippen molar-refractivity contribution in [2.45, 2.75) is 0 Å². The molecule has 3 heterocycles. The van der Waals surface area contributed by atoms with Crippen LogP contribution in [0.25, 0.3) is 26.1 Å². The minimum atomic E-state index is -0.0930. The molecule has 0 N–H and O–H groups in total. The number of thiophene rings is 1. The van der Waals surface area contributed by atoms with E-state index >= 15 is 0 Å². The second kappa shape index (κ2) is 5.86. The van der Waals surface area contributed by atoms with Gasteiger partial charge in [-0.1, -0.05) is 0 Å². The predicted molar refractivity (Wildman–Crippen MR) is 101 cm³/mol. The summed E-state index contributed by atoms with van der Waals surface area (Å²) in [5, 5.41) is 0.907. The number of anilines is 1. The Balaban J connectivity index is 1.92. The van der Waals surface area contributed by atoms with Crippen LogP contribution in [-0.4, -0.2) is 35.7 Å². The second-order valence-electron chi connectivity index (χ2n) is 5.81. The molecule has 7 heteroatoms. The molecule has 6 nitrogen and oxygen atoms in total. The summed E-state index contributed by atoms with van der Waals surface area (Å²) in [5.74, 6) is 1.60. The summed E-state index contributed by atoms with van der Waals surface area (Å²) in [5.41, 5.74) is 1.36. The van der Waals surface area contributed by atoms with E-state index in [0.29, 0.717) is 10.2 Å². The van der Waals surface area contributed by atoms with Crippen LogP contribution in [0.3, 0.4) is 0 Å². The maximum atomic E-state index is 12.9. The quantitative estimate of drug-likeness (QED) is 0.567. The van der Waals surface area contributed by atoms with Crippen molar-refractivity contribution in [1.82, 2.24) is 14.5 Å². The van der Waals surface area contributed by atoms with E-state index in [1.807, 2.05) is 55.4 Å². The van der Waals surface area contributed by atoms with E-state index in [1.54, 1.807) is 18.0 Å². The average Bonchev–Trinajstić information content (AvgIpc) is 3.01. The zero-order chi connectivity index (χ0) is 17.6. The van der Waals surface area contributed by atoms with Crippen LogP contribution < -0.4 is 15.2 Å². The van der Waals surface area contributed by atoms with Crippen LogP contribution in [0.15, 0.2) is 47.5 Å². The number of methoxy groups -OCH3 is 1. The normalized spacial score (nSPS) is 11.2. The number of rotatable bonds is 3. The standard InChI is InChI=1S/C18H16N4O2S/c1-21(2)14-9-8-13-15-16(25-17(13)20-14)18(23)22(10-19-15)11-4-6-12(24-3)7-5-11/h4-10H,1-3H3. The van der Waals surface area contributed by atoms with Gasteiger partial charge in [-0.25, -0.2) is 9.97 Å². The van der Waals surface area contributed by atoms with Crippen LogP contribution in [0, 0.1) is 0 Å². The van der Waals surface area contributed by atoms with E-state index in [1.165, 1.54) is 11.3 Å². The molecular formula is C18H16N4O2S. The fraction of sp³-hybridized carbons (Fsp3) is 0.167. The van der Waals surface area contributed by atoms with Crippen molar-refractivity contribution in [2.75, 3.05) is 26.1 Å². The molecule has 0 aliphatic heterocycles. The lowest BCUT2D eigenvalue weighted by Gasteiger charge is -2.09. The summed E-state index contributed by atoms with van der Waals surface area (Å²) in [6.07, 6.45) is 1.57. The van der Waals surface area contributed by atoms with Crippen molar-refractivity contribution in [2.24, 2.45) is 0 Å². The summed E-state index contributed by atoms with van der Waals surface area (Å²) >= 11 is 1.38. The average molecular weight is 352 g/mol. The summed E-state index contributed by atoms with van der Waals surface area (Å²) in [7, 11) is 5.49. The molecule has 4 aromatic rings. The molecule has 0 spiro atoms. The minimum Gasteiger partial charge on any atom is -0.497 e. The number of hydrogen-bond acceptors (Lipinski definition) is 6. The van der Waals surface area contributed by atoms with Crippen molar-refractivity contribution in [3.05, 3.63) is 53.1 Å². The molecule has 25 heavy (non-hydrogen) atoms. The second-order valence-corrected chi connectivity index (χ2v) is 6.81. The maximum absolute atomic E-state index is 12.9. The van der Waals surface area contributed by atoms with Gasteiger partial charge in [0.15, 0.2) is 0 Å². The molecule has 3 aromatic heterocycles. The van der Waals surface area contributed by atoms with Gasteiger partial charge < -0.3 is 9.64 Å². The Hall–Kier alpha value is -2.93. The van der Waals surface area contributed by atoms with Crippen LogP contribution in [0.2, 0.25) is 0 Å². The lowest BCUT2D eigenvalue weighted by atomic mass is 10.2. The Labute approximate surface area is 147 Å². The molecule has 0 saturated heterocycles. The first-order valence-electron chi connectivity index (χ1n) is 7.71. The number of ether oxygens (including phenoxy) is 1. The minimum absolute atomic E-state index is 0.0930. The molecule has 4 rings (SSSR count). The van der Waals surface area contributed by atoms with Crippen molar-refractivity contribution < 1.29 is 4.74 Å². The fourth-order valence-electron chi connectivity index (χ4n) is 2.68. The van der Waals surface area contributed by atoms with Crippen LogP contribution in [-0.2, 0) is 0 Å². The number of hydrogen-bond donors (Lipinski definition) is 0. The molecule has 126 valence electrons. The molecule has 0 amide bonds. The van der Waals surface area contributed by atoms with E-state index in [0.717, 1.165) is 27.5 Å². The first-order valence-corrected chi connectivity index (χ1v) is 8.53. The summed E-state index contributed by atoms with van der Waals surface area (Å²) in [6, 6.07) is 11.2. The summed E-state index contributed by atoms with van der Waals surface area (Å²) in [6.45, 7) is 0. The van der Waals surface area contributed by atoms with Crippen LogP contribution in [0.4, 0.5) is 5.82 Å². The highest BCUT2D eigenvalue weighted by atomic mass is 32.1. The lowest BCUT2D eigenvalue weighted by molar-refractivity contribution is 0.414. The predicted octanol–water partition coefficient (Wildman–Crippen LogP) is 3.07. The fourth-order valence-corrected chi connectivity index (χ4v) is 3.73. The maximum Gasteiger partial charge on any atom is 0.275 e. The zero-order valence-corrected chi connectivity index (χ0v) is 14.9. The van der Waals surface area contributed by atoms with E-state index in [4.69, 9.17) is 4.74 Å². The SMILES string of the molecule is COc1ccc(-n2cnc3c(sc4nc(N(C)C)ccc43)c2=O)cc1. The van der Waals surface area contributed by atoms with Gasteiger partial charge in [-0.2, -0.15) is 0 Å². The number of benzene rings is 1. The van der Waals surface area contributed by atoms with Gasteiger partial charge in [0.2, 0.25) is 0 Å². The Morgan fingerprint density at radius 2 is 1.88 bits per heavy atom. The molecule has 0 aliphatic rings. The molecule has 0 bridgehead atoms. The molecule has 0 saturated carbocycles. The first kappa shape index (κ1) is 15.6. The van der Waals surface area contributed by atoms with Gasteiger partial charge >= 0.3 is 0 Å². The molecule has 0 fully saturated rings. The number of fused-ring (bicyclic) bond motifs is 3. The zero-order valence-electron chi connectivity index (χ0n) is 14.1. The van der Waals surface area contributed by atoms with E-state index < -0.39 is 0 Å². The number of nitrogens with zero attached hydrogens (tertiary/aromatic N) is 4. The van der Waals surface area contributed by atoms with Gasteiger partial charge in [0.25, 0.3) is 5.56 Å². The smallest absolute Gasteiger partial charge is 0.275 e. The third-order valence-corrected chi connectivity index (χ3v) is 5.12. The highest BCUT2D eigenvalue weighted by Crippen LogP contribution is 2.30. The Kier molecular flexibility index (Phi) is 3.65. The van der Waals surface area contributed by atoms with Crippen molar-refractivity contribution in [1.29, 1.82) is 0 Å². The molecule has 1 aromatic carbocycles. The van der Waals surface area contributed by atoms with Gasteiger partial charge in [-0.15, -0.1) is 11.3 Å². The van der Waals surface area contributed by atoms with Crippen LogP contribution in [0.1, 0.15) is 0 Å². The Bertz CT molecular complexity index is 1130. The lowest BCUT2D eigenvalue weighted by Crippen LogP contribution is -2.17. The third-order valence-electron chi connectivity index (χ3n) is 4.04. The molecule has 0 atom stereocenters. The van der Waals surface area contributed by atoms with E-state index in [-0.39, 0.29) is 5.56 Å². The molecule has 0 unspecified atom stereocenters. The highest BCUT2D eigenvalue weighted by Gasteiger charge is 2.14. The number of pyridine rings is 1. The Morgan fingerprint density at radius 1 is 1.12 bits per heavy atom. The topological polar surface area (TPSA) is 60.2 Å². The van der Waals surface area contributed by atoms with Gasteiger partial charge in [-0.3, -0.25) is 9.36 Å². The monoisotopic (exact) mass is 352 g/mol. The van der Waals surface area contributed by atoms with Crippen LogP contribution in [0.5, 0.6) is 5.75 Å². The number of aromatic nitrogens is 3. The molecule has 0 radical (unpaired) electrons. The van der Waals surface area contributed by atoms with Gasteiger partial charge in [-0.05, 0) is 36.4 Å². The third kappa shape index (κ3) is 2.53. The van der Waals surface area contributed by atoms with Crippen molar-refractivity contribution >= 4 is 37.6 Å². The Morgan fingerprint density at radius 3 is 2.56 bits per heavy atom. The summed E-state index contributed by atoms with van der Waals surface area (Å²) < 4.78 is 7.32. The van der Waals surface area contributed by atoms with E-state index in [9.17, 15) is 4.79 Å². The van der Waals surface area contributed by atoms with Crippen LogP contribution >= 0.6 is 11.3 Å².